The molecule has 0 saturated carbocycles. The highest BCUT2D eigenvalue weighted by atomic mass is 35.5. The molecule has 0 spiro atoms. The lowest BCUT2D eigenvalue weighted by Crippen LogP contribution is -2.49. The van der Waals surface area contributed by atoms with E-state index in [1.807, 2.05) is 12.3 Å². The predicted octanol–water partition coefficient (Wildman–Crippen LogP) is 2.12. The molecule has 2 heterocycles. The van der Waals surface area contributed by atoms with Crippen molar-refractivity contribution in [2.75, 3.05) is 13.7 Å². The zero-order valence-electron chi connectivity index (χ0n) is 9.03. The summed E-state index contributed by atoms with van der Waals surface area (Å²) >= 11 is 5.90. The first kappa shape index (κ1) is 10.1. The predicted molar refractivity (Wildman–Crippen MR) is 63.7 cm³/mol. The quantitative estimate of drug-likeness (QED) is 0.799. The maximum atomic E-state index is 5.90. The second-order valence-corrected chi connectivity index (χ2v) is 4.65. The number of nitrogens with zero attached hydrogens (tertiary/aromatic N) is 1. The van der Waals surface area contributed by atoms with Crippen LogP contribution in [0.3, 0.4) is 0 Å². The van der Waals surface area contributed by atoms with Crippen molar-refractivity contribution >= 4 is 17.2 Å². The molecule has 1 saturated heterocycles. The van der Waals surface area contributed by atoms with E-state index in [0.29, 0.717) is 22.9 Å². The van der Waals surface area contributed by atoms with Crippen molar-refractivity contribution < 1.29 is 4.74 Å². The van der Waals surface area contributed by atoms with E-state index >= 15 is 0 Å². The van der Waals surface area contributed by atoms with E-state index in [9.17, 15) is 0 Å². The number of nitrogens with one attached hydrogen (secondary N) is 1. The molecule has 1 aliphatic carbocycles. The monoisotopic (exact) mass is 236 g/mol. The molecular weight excluding hydrogens is 224 g/mol. The Kier molecular flexibility index (Phi) is 2.37. The van der Waals surface area contributed by atoms with Gasteiger partial charge in [-0.15, -0.1) is 0 Å². The third kappa shape index (κ3) is 1.51. The molecule has 1 aromatic rings. The SMILES string of the molecule is COc1cc(C2=C[C@@H]3CN[C@@H]3C2)cnc1Cl. The third-order valence-corrected chi connectivity index (χ3v) is 3.67. The van der Waals surface area contributed by atoms with Crippen molar-refractivity contribution in [2.45, 2.75) is 12.5 Å². The molecule has 0 radical (unpaired) electrons. The Bertz CT molecular complexity index is 458. The van der Waals surface area contributed by atoms with Crippen LogP contribution < -0.4 is 10.1 Å². The molecule has 3 rings (SSSR count). The van der Waals surface area contributed by atoms with Gasteiger partial charge in [0.2, 0.25) is 0 Å². The molecule has 0 bridgehead atoms. The molecule has 0 amide bonds. The fraction of sp³-hybridized carbons (Fsp3) is 0.417. The molecule has 1 aliphatic heterocycles. The van der Waals surface area contributed by atoms with E-state index < -0.39 is 0 Å². The normalized spacial score (nSPS) is 27.0. The maximum Gasteiger partial charge on any atom is 0.171 e. The van der Waals surface area contributed by atoms with E-state index in [4.69, 9.17) is 16.3 Å². The van der Waals surface area contributed by atoms with Gasteiger partial charge in [-0.3, -0.25) is 0 Å². The average Bonchev–Trinajstić information content (AvgIpc) is 2.56. The van der Waals surface area contributed by atoms with Crippen LogP contribution in [0.1, 0.15) is 12.0 Å². The molecule has 84 valence electrons. The molecular formula is C12H13ClN2O. The molecule has 0 unspecified atom stereocenters. The Morgan fingerprint density at radius 2 is 2.44 bits per heavy atom. The summed E-state index contributed by atoms with van der Waals surface area (Å²) in [5.41, 5.74) is 2.47. The van der Waals surface area contributed by atoms with Gasteiger partial charge in [-0.1, -0.05) is 17.7 Å². The highest BCUT2D eigenvalue weighted by molar-refractivity contribution is 6.30. The number of fused-ring (bicyclic) bond motifs is 1. The Balaban J connectivity index is 1.92. The van der Waals surface area contributed by atoms with Crippen molar-refractivity contribution in [3.63, 3.8) is 0 Å². The van der Waals surface area contributed by atoms with E-state index in [-0.39, 0.29) is 0 Å². The van der Waals surface area contributed by atoms with Crippen LogP contribution in [0.25, 0.3) is 5.57 Å². The minimum absolute atomic E-state index is 0.422. The lowest BCUT2D eigenvalue weighted by molar-refractivity contribution is 0.306. The highest BCUT2D eigenvalue weighted by Crippen LogP contribution is 2.37. The van der Waals surface area contributed by atoms with E-state index in [2.05, 4.69) is 16.4 Å². The topological polar surface area (TPSA) is 34.1 Å². The largest absolute Gasteiger partial charge is 0.494 e. The molecule has 1 N–H and O–H groups in total. The number of hydrogen-bond acceptors (Lipinski definition) is 3. The summed E-state index contributed by atoms with van der Waals surface area (Å²) < 4.78 is 5.18. The molecule has 3 nitrogen and oxygen atoms in total. The summed E-state index contributed by atoms with van der Waals surface area (Å²) in [5.74, 6) is 1.35. The van der Waals surface area contributed by atoms with Crippen molar-refractivity contribution in [1.29, 1.82) is 0 Å². The summed E-state index contributed by atoms with van der Waals surface area (Å²) in [6.07, 6.45) is 5.24. The second-order valence-electron chi connectivity index (χ2n) is 4.29. The first-order valence-corrected chi connectivity index (χ1v) is 5.79. The van der Waals surface area contributed by atoms with Crippen LogP contribution in [0.5, 0.6) is 5.75 Å². The standard InChI is InChI=1S/C12H13ClN2O/c1-16-11-4-8(5-15-12(11)13)7-2-9-6-14-10(9)3-7/h2,4-5,9-10,14H,3,6H2,1H3/t9-,10-/m1/s1. The van der Waals surface area contributed by atoms with Crippen LogP contribution >= 0.6 is 11.6 Å². The minimum Gasteiger partial charge on any atom is -0.494 e. The molecule has 1 fully saturated rings. The minimum atomic E-state index is 0.422. The lowest BCUT2D eigenvalue weighted by Gasteiger charge is -2.31. The van der Waals surface area contributed by atoms with Crippen LogP contribution in [0.4, 0.5) is 0 Å². The summed E-state index contributed by atoms with van der Waals surface area (Å²) in [5, 5.41) is 3.84. The third-order valence-electron chi connectivity index (χ3n) is 3.39. The molecule has 0 aromatic carbocycles. The van der Waals surface area contributed by atoms with Crippen LogP contribution in [-0.2, 0) is 0 Å². The first-order chi connectivity index (χ1) is 7.78. The summed E-state index contributed by atoms with van der Waals surface area (Å²) in [7, 11) is 1.61. The average molecular weight is 237 g/mol. The molecule has 1 aromatic heterocycles. The number of halogens is 1. The summed E-state index contributed by atoms with van der Waals surface area (Å²) in [6, 6.07) is 2.60. The van der Waals surface area contributed by atoms with Crippen LogP contribution in [0, 0.1) is 5.92 Å². The lowest BCUT2D eigenvalue weighted by atomic mass is 9.95. The van der Waals surface area contributed by atoms with Crippen molar-refractivity contribution in [3.05, 3.63) is 29.1 Å². The van der Waals surface area contributed by atoms with Gasteiger partial charge in [0.15, 0.2) is 10.9 Å². The number of aromatic nitrogens is 1. The maximum absolute atomic E-state index is 5.90. The fourth-order valence-electron chi connectivity index (χ4n) is 2.34. The summed E-state index contributed by atoms with van der Waals surface area (Å²) in [6.45, 7) is 1.10. The Hall–Kier alpha value is -1.06. The van der Waals surface area contributed by atoms with Gasteiger partial charge in [-0.05, 0) is 23.6 Å². The molecule has 2 aliphatic rings. The zero-order chi connectivity index (χ0) is 11.1. The number of pyridine rings is 1. The smallest absolute Gasteiger partial charge is 0.171 e. The van der Waals surface area contributed by atoms with Gasteiger partial charge in [-0.2, -0.15) is 0 Å². The molecule has 2 atom stereocenters. The van der Waals surface area contributed by atoms with Gasteiger partial charge in [0, 0.05) is 24.7 Å². The fourth-order valence-corrected chi connectivity index (χ4v) is 2.52. The molecule has 4 heteroatoms. The van der Waals surface area contributed by atoms with E-state index in [0.717, 1.165) is 18.5 Å². The van der Waals surface area contributed by atoms with Gasteiger partial charge in [0.25, 0.3) is 0 Å². The van der Waals surface area contributed by atoms with Gasteiger partial charge < -0.3 is 10.1 Å². The van der Waals surface area contributed by atoms with Crippen molar-refractivity contribution in [1.82, 2.24) is 10.3 Å². The Morgan fingerprint density at radius 3 is 3.00 bits per heavy atom. The number of rotatable bonds is 2. The van der Waals surface area contributed by atoms with E-state index in [1.54, 1.807) is 7.11 Å². The van der Waals surface area contributed by atoms with Crippen LogP contribution in [-0.4, -0.2) is 24.7 Å². The van der Waals surface area contributed by atoms with Crippen molar-refractivity contribution in [2.24, 2.45) is 5.92 Å². The van der Waals surface area contributed by atoms with Gasteiger partial charge in [0.05, 0.1) is 7.11 Å². The number of methoxy groups -OCH3 is 1. The Labute approximate surface area is 99.5 Å². The molecule has 16 heavy (non-hydrogen) atoms. The van der Waals surface area contributed by atoms with Crippen molar-refractivity contribution in [3.8, 4) is 5.75 Å². The van der Waals surface area contributed by atoms with Crippen LogP contribution in [0.2, 0.25) is 5.15 Å². The zero-order valence-corrected chi connectivity index (χ0v) is 9.79. The van der Waals surface area contributed by atoms with Gasteiger partial charge in [-0.25, -0.2) is 4.98 Å². The number of ether oxygens (including phenoxy) is 1. The second kappa shape index (κ2) is 3.75. The highest BCUT2D eigenvalue weighted by Gasteiger charge is 2.34. The first-order valence-electron chi connectivity index (χ1n) is 5.42. The van der Waals surface area contributed by atoms with Gasteiger partial charge >= 0.3 is 0 Å². The van der Waals surface area contributed by atoms with Crippen LogP contribution in [0.15, 0.2) is 18.3 Å². The van der Waals surface area contributed by atoms with Gasteiger partial charge in [0.1, 0.15) is 0 Å². The van der Waals surface area contributed by atoms with E-state index in [1.165, 1.54) is 5.57 Å². The Morgan fingerprint density at radius 1 is 1.56 bits per heavy atom. The summed E-state index contributed by atoms with van der Waals surface area (Å²) in [4.78, 5) is 4.14. The number of hydrogen-bond donors (Lipinski definition) is 1.